The summed E-state index contributed by atoms with van der Waals surface area (Å²) in [6.07, 6.45) is 5.18. The van der Waals surface area contributed by atoms with E-state index in [1.165, 1.54) is 36.9 Å². The van der Waals surface area contributed by atoms with Crippen LogP contribution in [-0.2, 0) is 6.42 Å². The molecule has 0 aliphatic heterocycles. The van der Waals surface area contributed by atoms with Crippen LogP contribution in [0.1, 0.15) is 38.7 Å². The van der Waals surface area contributed by atoms with E-state index < -0.39 is 0 Å². The van der Waals surface area contributed by atoms with Gasteiger partial charge in [-0.05, 0) is 37.5 Å². The molecule has 1 rings (SSSR count). The summed E-state index contributed by atoms with van der Waals surface area (Å²) >= 11 is 0. The minimum absolute atomic E-state index is 0. The smallest absolute Gasteiger partial charge is 0.0340 e. The third kappa shape index (κ3) is 5.68. The minimum Gasteiger partial charge on any atom is -0.385 e. The minimum atomic E-state index is 0. The van der Waals surface area contributed by atoms with Gasteiger partial charge in [0, 0.05) is 12.2 Å². The Hall–Kier alpha value is -0.690. The predicted molar refractivity (Wildman–Crippen MR) is 71.1 cm³/mol. The SMILES string of the molecule is CCCCCc1ccc(NCC)cc1.Cl. The molecule has 0 fully saturated rings. The molecule has 86 valence electrons. The first-order chi connectivity index (χ1) is 6.86. The summed E-state index contributed by atoms with van der Waals surface area (Å²) in [5.41, 5.74) is 2.69. The molecular formula is C13H22ClN. The summed E-state index contributed by atoms with van der Waals surface area (Å²) in [7, 11) is 0. The Kier molecular flexibility index (Phi) is 8.21. The van der Waals surface area contributed by atoms with Crippen LogP contribution in [0.25, 0.3) is 0 Å². The molecule has 0 atom stereocenters. The number of hydrogen-bond acceptors (Lipinski definition) is 1. The summed E-state index contributed by atoms with van der Waals surface area (Å²) in [6, 6.07) is 8.80. The molecule has 2 heteroatoms. The maximum Gasteiger partial charge on any atom is 0.0340 e. The van der Waals surface area contributed by atoms with E-state index in [4.69, 9.17) is 0 Å². The van der Waals surface area contributed by atoms with E-state index in [-0.39, 0.29) is 12.4 Å². The molecule has 1 N–H and O–H groups in total. The van der Waals surface area contributed by atoms with Crippen molar-refractivity contribution in [3.05, 3.63) is 29.8 Å². The molecule has 1 nitrogen and oxygen atoms in total. The lowest BCUT2D eigenvalue weighted by molar-refractivity contribution is 0.717. The van der Waals surface area contributed by atoms with Crippen LogP contribution in [0.15, 0.2) is 24.3 Å². The number of halogens is 1. The second kappa shape index (κ2) is 8.60. The maximum absolute atomic E-state index is 3.30. The molecule has 0 aromatic heterocycles. The van der Waals surface area contributed by atoms with Crippen LogP contribution in [-0.4, -0.2) is 6.54 Å². The summed E-state index contributed by atoms with van der Waals surface area (Å²) in [4.78, 5) is 0. The fourth-order valence-electron chi connectivity index (χ4n) is 1.57. The largest absolute Gasteiger partial charge is 0.385 e. The van der Waals surface area contributed by atoms with Gasteiger partial charge in [-0.25, -0.2) is 0 Å². The van der Waals surface area contributed by atoms with E-state index in [0.29, 0.717) is 0 Å². The van der Waals surface area contributed by atoms with Crippen molar-refractivity contribution in [2.45, 2.75) is 39.5 Å². The second-order valence-corrected chi connectivity index (χ2v) is 3.68. The summed E-state index contributed by atoms with van der Waals surface area (Å²) < 4.78 is 0. The van der Waals surface area contributed by atoms with Gasteiger partial charge >= 0.3 is 0 Å². The highest BCUT2D eigenvalue weighted by molar-refractivity contribution is 5.85. The first-order valence-corrected chi connectivity index (χ1v) is 5.69. The Bertz CT molecular complexity index is 243. The fourth-order valence-corrected chi connectivity index (χ4v) is 1.57. The molecule has 0 unspecified atom stereocenters. The van der Waals surface area contributed by atoms with E-state index in [2.05, 4.69) is 43.4 Å². The third-order valence-corrected chi connectivity index (χ3v) is 2.40. The molecule has 0 saturated heterocycles. The van der Waals surface area contributed by atoms with Gasteiger partial charge in [0.1, 0.15) is 0 Å². The van der Waals surface area contributed by atoms with Crippen LogP contribution in [0.4, 0.5) is 5.69 Å². The lowest BCUT2D eigenvalue weighted by Crippen LogP contribution is -1.96. The highest BCUT2D eigenvalue weighted by Gasteiger charge is 1.93. The molecule has 0 bridgehead atoms. The van der Waals surface area contributed by atoms with Crippen LogP contribution in [0.2, 0.25) is 0 Å². The molecule has 0 aliphatic rings. The molecule has 0 aliphatic carbocycles. The predicted octanol–water partition coefficient (Wildman–Crippen LogP) is 4.27. The quantitative estimate of drug-likeness (QED) is 0.716. The van der Waals surface area contributed by atoms with Crippen molar-refractivity contribution in [1.82, 2.24) is 0 Å². The van der Waals surface area contributed by atoms with Gasteiger partial charge in [-0.2, -0.15) is 0 Å². The summed E-state index contributed by atoms with van der Waals surface area (Å²) in [5, 5.41) is 3.30. The molecule has 1 aromatic carbocycles. The first kappa shape index (κ1) is 14.3. The van der Waals surface area contributed by atoms with Gasteiger partial charge in [-0.3, -0.25) is 0 Å². The highest BCUT2D eigenvalue weighted by Crippen LogP contribution is 2.11. The van der Waals surface area contributed by atoms with Crippen LogP contribution in [0.3, 0.4) is 0 Å². The first-order valence-electron chi connectivity index (χ1n) is 5.69. The zero-order valence-electron chi connectivity index (χ0n) is 9.75. The van der Waals surface area contributed by atoms with E-state index in [1.54, 1.807) is 0 Å². The normalized spacial score (nSPS) is 9.47. The van der Waals surface area contributed by atoms with Gasteiger partial charge in [0.25, 0.3) is 0 Å². The topological polar surface area (TPSA) is 12.0 Å². The molecular weight excluding hydrogens is 206 g/mol. The van der Waals surface area contributed by atoms with Crippen molar-refractivity contribution >= 4 is 18.1 Å². The number of hydrogen-bond donors (Lipinski definition) is 1. The second-order valence-electron chi connectivity index (χ2n) is 3.68. The van der Waals surface area contributed by atoms with E-state index in [9.17, 15) is 0 Å². The Morgan fingerprint density at radius 1 is 1.00 bits per heavy atom. The maximum atomic E-state index is 3.30. The monoisotopic (exact) mass is 227 g/mol. The molecule has 0 spiro atoms. The van der Waals surface area contributed by atoms with Gasteiger partial charge in [-0.1, -0.05) is 31.9 Å². The lowest BCUT2D eigenvalue weighted by atomic mass is 10.1. The van der Waals surface area contributed by atoms with Gasteiger partial charge in [0.2, 0.25) is 0 Å². The van der Waals surface area contributed by atoms with Gasteiger partial charge in [0.15, 0.2) is 0 Å². The Morgan fingerprint density at radius 3 is 2.20 bits per heavy atom. The van der Waals surface area contributed by atoms with Crippen molar-refractivity contribution < 1.29 is 0 Å². The van der Waals surface area contributed by atoms with Gasteiger partial charge in [-0.15, -0.1) is 12.4 Å². The van der Waals surface area contributed by atoms with Crippen LogP contribution in [0, 0.1) is 0 Å². The third-order valence-electron chi connectivity index (χ3n) is 2.40. The van der Waals surface area contributed by atoms with Crippen LogP contribution >= 0.6 is 12.4 Å². The lowest BCUT2D eigenvalue weighted by Gasteiger charge is -2.04. The average Bonchev–Trinajstić information content (AvgIpc) is 2.21. The molecule has 0 amide bonds. The van der Waals surface area contributed by atoms with Gasteiger partial charge < -0.3 is 5.32 Å². The van der Waals surface area contributed by atoms with Crippen molar-refractivity contribution in [2.75, 3.05) is 11.9 Å². The number of anilines is 1. The van der Waals surface area contributed by atoms with Crippen LogP contribution in [0.5, 0.6) is 0 Å². The molecule has 1 aromatic rings. The van der Waals surface area contributed by atoms with E-state index in [1.807, 2.05) is 0 Å². The van der Waals surface area contributed by atoms with Crippen molar-refractivity contribution in [3.63, 3.8) is 0 Å². The Labute approximate surface area is 99.7 Å². The van der Waals surface area contributed by atoms with Crippen molar-refractivity contribution in [3.8, 4) is 0 Å². The van der Waals surface area contributed by atoms with Gasteiger partial charge in [0.05, 0.1) is 0 Å². The molecule has 0 heterocycles. The number of unbranched alkanes of at least 4 members (excludes halogenated alkanes) is 2. The summed E-state index contributed by atoms with van der Waals surface area (Å²) in [5.74, 6) is 0. The number of rotatable bonds is 6. The molecule has 15 heavy (non-hydrogen) atoms. The molecule has 0 radical (unpaired) electrons. The van der Waals surface area contributed by atoms with Crippen molar-refractivity contribution in [2.24, 2.45) is 0 Å². The van der Waals surface area contributed by atoms with Crippen molar-refractivity contribution in [1.29, 1.82) is 0 Å². The number of benzene rings is 1. The summed E-state index contributed by atoms with van der Waals surface area (Å²) in [6.45, 7) is 5.36. The Balaban J connectivity index is 0.00000196. The fraction of sp³-hybridized carbons (Fsp3) is 0.538. The van der Waals surface area contributed by atoms with E-state index in [0.717, 1.165) is 6.54 Å². The standard InChI is InChI=1S/C13H21N.ClH/c1-3-5-6-7-12-8-10-13(11-9-12)14-4-2;/h8-11,14H,3-7H2,1-2H3;1H. The zero-order valence-corrected chi connectivity index (χ0v) is 10.6. The zero-order chi connectivity index (χ0) is 10.2. The molecule has 0 saturated carbocycles. The van der Waals surface area contributed by atoms with Crippen LogP contribution < -0.4 is 5.32 Å². The Morgan fingerprint density at radius 2 is 1.67 bits per heavy atom. The van der Waals surface area contributed by atoms with E-state index >= 15 is 0 Å². The highest BCUT2D eigenvalue weighted by atomic mass is 35.5. The number of nitrogens with one attached hydrogen (secondary N) is 1. The number of aryl methyl sites for hydroxylation is 1. The average molecular weight is 228 g/mol.